The quantitative estimate of drug-likeness (QED) is 0.744. The lowest BCUT2D eigenvalue weighted by atomic mass is 10.0. The number of hydrogen-bond acceptors (Lipinski definition) is 5. The second-order valence-corrected chi connectivity index (χ2v) is 5.36. The smallest absolute Gasteiger partial charge is 0.126 e. The number of benzene rings is 2. The first-order valence-electron chi connectivity index (χ1n) is 7.92. The Morgan fingerprint density at radius 3 is 1.60 bits per heavy atom. The van der Waals surface area contributed by atoms with Gasteiger partial charge in [0.15, 0.2) is 0 Å². The summed E-state index contributed by atoms with van der Waals surface area (Å²) in [5.41, 5.74) is 2.73. The van der Waals surface area contributed by atoms with E-state index in [4.69, 9.17) is 18.9 Å². The molecule has 134 valence electrons. The van der Waals surface area contributed by atoms with E-state index in [0.717, 1.165) is 28.2 Å². The molecule has 0 aliphatic heterocycles. The third kappa shape index (κ3) is 4.67. The number of rotatable bonds is 8. The predicted octanol–water partition coefficient (Wildman–Crippen LogP) is 3.43. The van der Waals surface area contributed by atoms with Gasteiger partial charge in [-0.05, 0) is 35.4 Å². The van der Waals surface area contributed by atoms with Crippen LogP contribution in [-0.2, 0) is 6.42 Å². The van der Waals surface area contributed by atoms with E-state index < -0.39 is 0 Å². The Kier molecular flexibility index (Phi) is 6.71. The fourth-order valence-corrected chi connectivity index (χ4v) is 2.58. The van der Waals surface area contributed by atoms with Crippen LogP contribution < -0.4 is 18.9 Å². The minimum Gasteiger partial charge on any atom is -0.497 e. The van der Waals surface area contributed by atoms with Gasteiger partial charge in [-0.25, -0.2) is 0 Å². The van der Waals surface area contributed by atoms with Gasteiger partial charge in [0.1, 0.15) is 23.0 Å². The molecule has 0 saturated carbocycles. The summed E-state index contributed by atoms with van der Waals surface area (Å²) in [6.45, 7) is 0.0332. The van der Waals surface area contributed by atoms with Crippen LogP contribution in [0.4, 0.5) is 0 Å². The zero-order valence-electron chi connectivity index (χ0n) is 15.0. The normalized spacial score (nSPS) is 10.8. The van der Waals surface area contributed by atoms with E-state index in [9.17, 15) is 5.11 Å². The van der Waals surface area contributed by atoms with Gasteiger partial charge < -0.3 is 24.1 Å². The number of hydrogen-bond donors (Lipinski definition) is 1. The minimum atomic E-state index is 0.0332. The molecule has 0 unspecified atom stereocenters. The van der Waals surface area contributed by atoms with Gasteiger partial charge in [-0.1, -0.05) is 12.2 Å². The minimum absolute atomic E-state index is 0.0332. The molecular formula is C20H24O5. The Labute approximate surface area is 148 Å². The second-order valence-electron chi connectivity index (χ2n) is 5.36. The van der Waals surface area contributed by atoms with Crippen LogP contribution in [0.25, 0.3) is 12.2 Å². The highest BCUT2D eigenvalue weighted by Gasteiger charge is 2.11. The summed E-state index contributed by atoms with van der Waals surface area (Å²) in [4.78, 5) is 0. The monoisotopic (exact) mass is 344 g/mol. The summed E-state index contributed by atoms with van der Waals surface area (Å²) in [5, 5.41) is 9.23. The first-order chi connectivity index (χ1) is 12.1. The summed E-state index contributed by atoms with van der Waals surface area (Å²) in [7, 11) is 6.46. The predicted molar refractivity (Wildman–Crippen MR) is 98.8 cm³/mol. The number of aliphatic hydroxyl groups is 1. The summed E-state index contributed by atoms with van der Waals surface area (Å²) in [6, 6.07) is 9.51. The van der Waals surface area contributed by atoms with Crippen molar-refractivity contribution in [2.45, 2.75) is 6.42 Å². The molecule has 0 saturated heterocycles. The molecular weight excluding hydrogens is 320 g/mol. The van der Waals surface area contributed by atoms with Crippen molar-refractivity contribution in [2.24, 2.45) is 0 Å². The summed E-state index contributed by atoms with van der Waals surface area (Å²) < 4.78 is 21.5. The molecule has 0 heterocycles. The Morgan fingerprint density at radius 1 is 0.720 bits per heavy atom. The molecule has 5 heteroatoms. The van der Waals surface area contributed by atoms with Crippen LogP contribution in [0.5, 0.6) is 23.0 Å². The van der Waals surface area contributed by atoms with Crippen molar-refractivity contribution in [3.8, 4) is 23.0 Å². The Morgan fingerprint density at radius 2 is 1.20 bits per heavy atom. The Bertz CT molecular complexity index is 690. The van der Waals surface area contributed by atoms with E-state index in [1.807, 2.05) is 42.5 Å². The summed E-state index contributed by atoms with van der Waals surface area (Å²) in [5.74, 6) is 2.84. The molecule has 1 N–H and O–H groups in total. The van der Waals surface area contributed by atoms with Gasteiger partial charge in [-0.2, -0.15) is 0 Å². The molecule has 25 heavy (non-hydrogen) atoms. The zero-order valence-corrected chi connectivity index (χ0v) is 15.0. The molecule has 0 radical (unpaired) electrons. The average Bonchev–Trinajstić information content (AvgIpc) is 2.66. The molecule has 0 aromatic heterocycles. The fourth-order valence-electron chi connectivity index (χ4n) is 2.58. The molecule has 2 aromatic carbocycles. The molecule has 0 atom stereocenters. The van der Waals surface area contributed by atoms with Crippen molar-refractivity contribution < 1.29 is 24.1 Å². The van der Waals surface area contributed by atoms with Crippen LogP contribution in [0, 0.1) is 0 Å². The molecule has 0 amide bonds. The molecule has 0 aliphatic rings. The molecule has 2 rings (SSSR count). The van der Waals surface area contributed by atoms with Gasteiger partial charge in [0.25, 0.3) is 0 Å². The van der Waals surface area contributed by atoms with E-state index in [0.29, 0.717) is 17.9 Å². The summed E-state index contributed by atoms with van der Waals surface area (Å²) >= 11 is 0. The topological polar surface area (TPSA) is 57.2 Å². The molecule has 0 spiro atoms. The van der Waals surface area contributed by atoms with Crippen LogP contribution in [0.2, 0.25) is 0 Å². The standard InChI is InChI=1S/C20H24O5/c1-22-16-9-14(10-17(13-16)23-2)5-6-15-11-19(24-3)18(7-8-21)20(12-15)25-4/h5-6,9-13,21H,7-8H2,1-4H3/b6-5+. The van der Waals surface area contributed by atoms with Gasteiger partial charge >= 0.3 is 0 Å². The Balaban J connectivity index is 2.38. The number of ether oxygens (including phenoxy) is 4. The van der Waals surface area contributed by atoms with Crippen molar-refractivity contribution in [3.63, 3.8) is 0 Å². The number of methoxy groups -OCH3 is 4. The first-order valence-corrected chi connectivity index (χ1v) is 7.92. The van der Waals surface area contributed by atoms with Crippen LogP contribution in [0.1, 0.15) is 16.7 Å². The van der Waals surface area contributed by atoms with Gasteiger partial charge in [0.05, 0.1) is 28.4 Å². The van der Waals surface area contributed by atoms with E-state index in [1.165, 1.54) is 0 Å². The molecule has 0 fully saturated rings. The SMILES string of the molecule is COc1cc(/C=C/c2cc(OC)c(CCO)c(OC)c2)cc(OC)c1. The highest BCUT2D eigenvalue weighted by molar-refractivity contribution is 5.73. The van der Waals surface area contributed by atoms with Crippen molar-refractivity contribution in [2.75, 3.05) is 35.0 Å². The zero-order chi connectivity index (χ0) is 18.2. The number of aliphatic hydroxyl groups excluding tert-OH is 1. The van der Waals surface area contributed by atoms with Crippen LogP contribution >= 0.6 is 0 Å². The van der Waals surface area contributed by atoms with Gasteiger partial charge in [0, 0.05) is 24.7 Å². The van der Waals surface area contributed by atoms with Crippen molar-refractivity contribution in [1.82, 2.24) is 0 Å². The maximum atomic E-state index is 9.23. The molecule has 0 bridgehead atoms. The van der Waals surface area contributed by atoms with Crippen LogP contribution in [0.15, 0.2) is 30.3 Å². The molecule has 2 aromatic rings. The second kappa shape index (κ2) is 8.99. The van der Waals surface area contributed by atoms with Gasteiger partial charge in [0.2, 0.25) is 0 Å². The molecule has 5 nitrogen and oxygen atoms in total. The fraction of sp³-hybridized carbons (Fsp3) is 0.300. The van der Waals surface area contributed by atoms with Crippen molar-refractivity contribution in [3.05, 3.63) is 47.0 Å². The lowest BCUT2D eigenvalue weighted by Crippen LogP contribution is -2.00. The summed E-state index contributed by atoms with van der Waals surface area (Å²) in [6.07, 6.45) is 4.40. The maximum Gasteiger partial charge on any atom is 0.126 e. The van der Waals surface area contributed by atoms with E-state index in [2.05, 4.69) is 0 Å². The van der Waals surface area contributed by atoms with Gasteiger partial charge in [-0.15, -0.1) is 0 Å². The van der Waals surface area contributed by atoms with E-state index >= 15 is 0 Å². The van der Waals surface area contributed by atoms with Gasteiger partial charge in [-0.3, -0.25) is 0 Å². The lowest BCUT2D eigenvalue weighted by molar-refractivity contribution is 0.293. The van der Waals surface area contributed by atoms with Crippen LogP contribution in [0.3, 0.4) is 0 Å². The van der Waals surface area contributed by atoms with E-state index in [-0.39, 0.29) is 6.61 Å². The third-order valence-electron chi connectivity index (χ3n) is 3.83. The maximum absolute atomic E-state index is 9.23. The van der Waals surface area contributed by atoms with Crippen molar-refractivity contribution >= 4 is 12.2 Å². The lowest BCUT2D eigenvalue weighted by Gasteiger charge is -2.13. The highest BCUT2D eigenvalue weighted by atomic mass is 16.5. The molecule has 0 aliphatic carbocycles. The average molecular weight is 344 g/mol. The van der Waals surface area contributed by atoms with Crippen molar-refractivity contribution in [1.29, 1.82) is 0 Å². The van der Waals surface area contributed by atoms with E-state index in [1.54, 1.807) is 28.4 Å². The Hall–Kier alpha value is -2.66. The third-order valence-corrected chi connectivity index (χ3v) is 3.83. The van der Waals surface area contributed by atoms with Crippen LogP contribution in [-0.4, -0.2) is 40.2 Å². The first kappa shape index (κ1) is 18.7. The largest absolute Gasteiger partial charge is 0.497 e. The highest BCUT2D eigenvalue weighted by Crippen LogP contribution is 2.32.